The number of aliphatic hydroxyl groups is 2. The third-order valence-corrected chi connectivity index (χ3v) is 10.4. The Morgan fingerprint density at radius 1 is 1.02 bits per heavy atom. The number of aliphatic hydroxyl groups excluding tert-OH is 2. The smallest absolute Gasteiger partial charge is 0.405 e. The Morgan fingerprint density at radius 3 is 2.58 bits per heavy atom. The van der Waals surface area contributed by atoms with E-state index in [2.05, 4.69) is 10.3 Å². The van der Waals surface area contributed by atoms with Gasteiger partial charge in [0.25, 0.3) is 0 Å². The summed E-state index contributed by atoms with van der Waals surface area (Å²) in [5.74, 6) is 0.484. The Labute approximate surface area is 304 Å². The fraction of sp³-hybridized carbons (Fsp3) is 0.410. The quantitative estimate of drug-likeness (QED) is 0.170. The predicted molar refractivity (Wildman–Crippen MR) is 187 cm³/mol. The third-order valence-electron chi connectivity index (χ3n) is 10.4. The van der Waals surface area contributed by atoms with Crippen molar-refractivity contribution in [1.82, 2.24) is 25.4 Å². The Morgan fingerprint density at radius 2 is 1.81 bits per heavy atom. The summed E-state index contributed by atoms with van der Waals surface area (Å²) < 4.78 is 51.2. The number of alkyl halides is 3. The van der Waals surface area contributed by atoms with Gasteiger partial charge in [-0.15, -0.1) is 0 Å². The summed E-state index contributed by atoms with van der Waals surface area (Å²) in [6.07, 6.45) is -2.85. The van der Waals surface area contributed by atoms with E-state index < -0.39 is 48.3 Å². The van der Waals surface area contributed by atoms with Crippen molar-refractivity contribution in [3.05, 3.63) is 108 Å². The first kappa shape index (κ1) is 36.6. The number of carbonyl (C=O) groups is 2. The number of halogens is 3. The molecule has 1 saturated heterocycles. The van der Waals surface area contributed by atoms with Crippen LogP contribution in [0.5, 0.6) is 5.75 Å². The number of fused-ring (bicyclic) bond motifs is 1. The van der Waals surface area contributed by atoms with Crippen molar-refractivity contribution in [2.75, 3.05) is 39.3 Å². The van der Waals surface area contributed by atoms with E-state index in [0.29, 0.717) is 42.3 Å². The second-order valence-electron chi connectivity index (χ2n) is 14.1. The van der Waals surface area contributed by atoms with Gasteiger partial charge >= 0.3 is 6.18 Å². The summed E-state index contributed by atoms with van der Waals surface area (Å²) in [5.41, 5.74) is 1.37. The number of hydrogen-bond donors (Lipinski definition) is 4. The highest BCUT2D eigenvalue weighted by Crippen LogP contribution is 2.62. The third kappa shape index (κ3) is 8.41. The van der Waals surface area contributed by atoms with Gasteiger partial charge in [-0.05, 0) is 54.7 Å². The molecule has 280 valence electrons. The van der Waals surface area contributed by atoms with Crippen LogP contribution in [0.2, 0.25) is 0 Å². The van der Waals surface area contributed by atoms with Crippen LogP contribution in [0.15, 0.2) is 95.7 Å². The molecule has 11 nitrogen and oxygen atoms in total. The van der Waals surface area contributed by atoms with Crippen LogP contribution in [0.4, 0.5) is 13.2 Å². The van der Waals surface area contributed by atoms with Crippen LogP contribution in [0, 0.1) is 5.41 Å². The van der Waals surface area contributed by atoms with Crippen LogP contribution in [-0.2, 0) is 16.1 Å². The van der Waals surface area contributed by atoms with Crippen molar-refractivity contribution in [1.29, 1.82) is 0 Å². The zero-order valence-electron chi connectivity index (χ0n) is 28.9. The molecule has 6 atom stereocenters. The number of β-amino-alcohol motifs (C(OH)–C–C–N with tert-alkyl or cyclic N) is 1. The molecule has 4 N–H and O–H groups in total. The van der Waals surface area contributed by atoms with E-state index in [9.17, 15) is 33.0 Å². The van der Waals surface area contributed by atoms with E-state index in [1.165, 1.54) is 0 Å². The van der Waals surface area contributed by atoms with Gasteiger partial charge in [0.15, 0.2) is 0 Å². The maximum atomic E-state index is 14.2. The van der Waals surface area contributed by atoms with Gasteiger partial charge in [0.05, 0.1) is 24.1 Å². The molecule has 0 radical (unpaired) electrons. The number of piperazine rings is 1. The summed E-state index contributed by atoms with van der Waals surface area (Å²) in [5, 5.41) is 27.6. The topological polar surface area (TPSA) is 140 Å². The zero-order chi connectivity index (χ0) is 37.2. The van der Waals surface area contributed by atoms with Crippen molar-refractivity contribution in [3.63, 3.8) is 0 Å². The predicted octanol–water partition coefficient (Wildman–Crippen LogP) is 4.04. The monoisotopic (exact) mass is 733 g/mol. The molecule has 2 aliphatic heterocycles. The van der Waals surface area contributed by atoms with Gasteiger partial charge in [-0.1, -0.05) is 48.5 Å². The number of rotatable bonds is 12. The highest BCUT2D eigenvalue weighted by atomic mass is 19.4. The minimum atomic E-state index is -4.60. The summed E-state index contributed by atoms with van der Waals surface area (Å²) in [6, 6.07) is 22.3. The number of aromatic nitrogens is 1. The molecule has 7 rings (SSSR count). The standard InChI is InChI=1S/C39H42F3N5O6/c40-39(41,42)24-44-36(50)31-22-46(21-28-12-13-33(53-28)26-9-6-14-43-19-26)15-16-47(31)20-27(48)17-38(18-30(38)25-7-2-1-3-8-25)37(51)45-35-29-10-4-5-11-34(29)52-23-32(35)49/h1-14,19,27,30-32,35,48-49H,15-18,20-24H2,(H,44,50)(H,45,51)/t27-,30-,31-,32+,35-,38?/m0/s1. The van der Waals surface area contributed by atoms with Gasteiger partial charge in [0, 0.05) is 49.7 Å². The van der Waals surface area contributed by atoms with Crippen LogP contribution in [0.1, 0.15) is 41.7 Å². The normalized spacial score (nSPS) is 25.2. The van der Waals surface area contributed by atoms with Gasteiger partial charge < -0.3 is 30.0 Å². The molecule has 53 heavy (non-hydrogen) atoms. The van der Waals surface area contributed by atoms with Gasteiger partial charge in [-0.3, -0.25) is 24.4 Å². The summed E-state index contributed by atoms with van der Waals surface area (Å²) in [4.78, 5) is 35.3. The van der Waals surface area contributed by atoms with Crippen molar-refractivity contribution in [2.45, 2.75) is 55.8 Å². The summed E-state index contributed by atoms with van der Waals surface area (Å²) >= 11 is 0. The number of carbonyl (C=O) groups excluding carboxylic acids is 2. The van der Waals surface area contributed by atoms with E-state index in [1.807, 2.05) is 64.8 Å². The number of nitrogens with one attached hydrogen (secondary N) is 2. The van der Waals surface area contributed by atoms with Crippen molar-refractivity contribution in [2.24, 2.45) is 5.41 Å². The van der Waals surface area contributed by atoms with Crippen molar-refractivity contribution >= 4 is 11.8 Å². The number of hydrogen-bond acceptors (Lipinski definition) is 9. The molecule has 2 amide bonds. The van der Waals surface area contributed by atoms with Crippen molar-refractivity contribution < 1.29 is 42.1 Å². The Kier molecular flexibility index (Phi) is 10.6. The second kappa shape index (κ2) is 15.3. The maximum Gasteiger partial charge on any atom is 0.405 e. The van der Waals surface area contributed by atoms with Crippen LogP contribution >= 0.6 is 0 Å². The summed E-state index contributed by atoms with van der Waals surface area (Å²) in [7, 11) is 0. The second-order valence-corrected chi connectivity index (χ2v) is 14.1. The van der Waals surface area contributed by atoms with Gasteiger partial charge in [-0.25, -0.2) is 0 Å². The number of pyridine rings is 1. The molecule has 1 unspecified atom stereocenters. The fourth-order valence-electron chi connectivity index (χ4n) is 7.70. The van der Waals surface area contributed by atoms with E-state index in [0.717, 1.165) is 11.1 Å². The number of para-hydroxylation sites is 1. The SMILES string of the molecule is O=C(NCC(F)(F)F)[C@@H]1CN(Cc2ccc(-c3cccnc3)o2)CCN1C[C@@H](O)CC1(C(=O)N[C@H]2c3ccccc3OC[C@H]2O)C[C@H]1c1ccccc1. The highest BCUT2D eigenvalue weighted by Gasteiger charge is 2.61. The first-order valence-corrected chi connectivity index (χ1v) is 17.7. The molecular formula is C39H42F3N5O6. The van der Waals surface area contributed by atoms with Crippen LogP contribution in [-0.4, -0.2) is 101 Å². The van der Waals surface area contributed by atoms with E-state index in [-0.39, 0.29) is 44.5 Å². The molecule has 0 spiro atoms. The van der Waals surface area contributed by atoms with E-state index >= 15 is 0 Å². The number of amides is 2. The number of nitrogens with zero attached hydrogens (tertiary/aromatic N) is 3. The highest BCUT2D eigenvalue weighted by molar-refractivity contribution is 5.88. The Balaban J connectivity index is 1.06. The lowest BCUT2D eigenvalue weighted by molar-refractivity contribution is -0.144. The molecule has 2 fully saturated rings. The van der Waals surface area contributed by atoms with Gasteiger partial charge in [0.2, 0.25) is 11.8 Å². The molecule has 2 aromatic carbocycles. The molecule has 3 aliphatic rings. The first-order valence-electron chi connectivity index (χ1n) is 17.7. The Bertz CT molecular complexity index is 1880. The summed E-state index contributed by atoms with van der Waals surface area (Å²) in [6.45, 7) is -0.351. The lowest BCUT2D eigenvalue weighted by Crippen LogP contribution is -2.60. The minimum Gasteiger partial charge on any atom is -0.490 e. The number of ether oxygens (including phenoxy) is 1. The van der Waals surface area contributed by atoms with Crippen LogP contribution < -0.4 is 15.4 Å². The number of furan rings is 1. The fourth-order valence-corrected chi connectivity index (χ4v) is 7.70. The lowest BCUT2D eigenvalue weighted by Gasteiger charge is -2.41. The van der Waals surface area contributed by atoms with E-state index in [1.54, 1.807) is 41.6 Å². The van der Waals surface area contributed by atoms with Gasteiger partial charge in [-0.2, -0.15) is 13.2 Å². The Hall–Kier alpha value is -4.76. The van der Waals surface area contributed by atoms with Crippen LogP contribution in [0.25, 0.3) is 11.3 Å². The minimum absolute atomic E-state index is 0.00899. The average Bonchev–Trinajstić information content (AvgIpc) is 3.70. The maximum absolute atomic E-state index is 14.2. The molecule has 4 aromatic rings. The molecule has 1 aliphatic carbocycles. The molecule has 0 bridgehead atoms. The van der Waals surface area contributed by atoms with Gasteiger partial charge in [0.1, 0.15) is 42.6 Å². The zero-order valence-corrected chi connectivity index (χ0v) is 28.9. The lowest BCUT2D eigenvalue weighted by atomic mass is 9.89. The van der Waals surface area contributed by atoms with E-state index in [4.69, 9.17) is 9.15 Å². The van der Waals surface area contributed by atoms with Crippen LogP contribution in [0.3, 0.4) is 0 Å². The number of benzene rings is 2. The molecule has 2 aromatic heterocycles. The largest absolute Gasteiger partial charge is 0.490 e. The average molecular weight is 734 g/mol. The molecule has 1 saturated carbocycles. The first-order chi connectivity index (χ1) is 25.5. The molecule has 14 heteroatoms. The molecule has 4 heterocycles. The molecular weight excluding hydrogens is 691 g/mol. The van der Waals surface area contributed by atoms with Crippen molar-refractivity contribution in [3.8, 4) is 17.1 Å².